The summed E-state index contributed by atoms with van der Waals surface area (Å²) in [7, 11) is 0. The zero-order valence-electron chi connectivity index (χ0n) is 19.0. The van der Waals surface area contributed by atoms with Crippen LogP contribution in [0.25, 0.3) is 0 Å². The van der Waals surface area contributed by atoms with E-state index in [0.29, 0.717) is 23.0 Å². The molecule has 2 heterocycles. The lowest BCUT2D eigenvalue weighted by molar-refractivity contribution is -0.132. The summed E-state index contributed by atoms with van der Waals surface area (Å²) in [6.45, 7) is 0.523. The van der Waals surface area contributed by atoms with E-state index in [9.17, 15) is 14.4 Å². The molecule has 0 saturated heterocycles. The van der Waals surface area contributed by atoms with Gasteiger partial charge in [0.25, 0.3) is 0 Å². The van der Waals surface area contributed by atoms with Crippen LogP contribution in [0.15, 0.2) is 74.8 Å². The third kappa shape index (κ3) is 5.23. The molecule has 1 unspecified atom stereocenters. The summed E-state index contributed by atoms with van der Waals surface area (Å²) in [6.07, 6.45) is 3.88. The molecule has 184 valence electrons. The maximum absolute atomic E-state index is 13.2. The normalized spacial score (nSPS) is 16.9. The van der Waals surface area contributed by atoms with E-state index < -0.39 is 23.5 Å². The summed E-state index contributed by atoms with van der Waals surface area (Å²) in [6, 6.07) is 13.8. The molecule has 1 aliphatic carbocycles. The Hall–Kier alpha value is -4.18. The zero-order valence-corrected chi connectivity index (χ0v) is 19.8. The van der Waals surface area contributed by atoms with Gasteiger partial charge in [0.15, 0.2) is 0 Å². The highest BCUT2D eigenvalue weighted by atomic mass is 35.5. The second-order valence-electron chi connectivity index (χ2n) is 8.54. The average Bonchev–Trinajstić information content (AvgIpc) is 3.69. The summed E-state index contributed by atoms with van der Waals surface area (Å²) in [5, 5.41) is 12.8. The average molecular weight is 508 g/mol. The van der Waals surface area contributed by atoms with Crippen molar-refractivity contribution < 1.29 is 14.6 Å². The van der Waals surface area contributed by atoms with E-state index in [1.54, 1.807) is 36.4 Å². The predicted molar refractivity (Wildman–Crippen MR) is 135 cm³/mol. The third-order valence-electron chi connectivity index (χ3n) is 5.79. The number of halogens is 1. The Bertz CT molecular complexity index is 1470. The van der Waals surface area contributed by atoms with Crippen LogP contribution in [0, 0.1) is 0 Å². The molecular weight excluding hydrogens is 486 g/mol. The molecule has 11 heteroatoms. The molecule has 1 aliphatic heterocycles. The minimum absolute atomic E-state index is 0.0789. The van der Waals surface area contributed by atoms with E-state index in [0.717, 1.165) is 18.4 Å². The molecule has 1 fully saturated rings. The summed E-state index contributed by atoms with van der Waals surface area (Å²) in [5.74, 6) is -0.423. The molecule has 0 amide bonds. The highest BCUT2D eigenvalue weighted by Crippen LogP contribution is 2.32. The van der Waals surface area contributed by atoms with Crippen molar-refractivity contribution in [2.75, 3.05) is 11.9 Å². The molecule has 1 aromatic heterocycles. The number of anilines is 2. The van der Waals surface area contributed by atoms with Crippen molar-refractivity contribution in [2.45, 2.75) is 31.5 Å². The van der Waals surface area contributed by atoms with Gasteiger partial charge in [-0.05, 0) is 60.9 Å². The Kier molecular flexibility index (Phi) is 6.43. The van der Waals surface area contributed by atoms with Crippen molar-refractivity contribution in [1.29, 1.82) is 0 Å². The van der Waals surface area contributed by atoms with E-state index >= 15 is 0 Å². The number of dihydropyridines is 1. The SMILES string of the molecule is O=C(O)C1=CC(Oc2ccc(Nc3nc(=O)n(C4CC4)c(=O)n3Cc3ccc(Cl)cc3)cc2)CN=C1. The molecule has 2 aliphatic rings. The van der Waals surface area contributed by atoms with E-state index in [4.69, 9.17) is 21.4 Å². The first kappa shape index (κ1) is 23.6. The number of nitrogens with zero attached hydrogens (tertiary/aromatic N) is 4. The van der Waals surface area contributed by atoms with Crippen LogP contribution in [0.5, 0.6) is 5.75 Å². The Morgan fingerprint density at radius 3 is 2.50 bits per heavy atom. The summed E-state index contributed by atoms with van der Waals surface area (Å²) in [4.78, 5) is 45.2. The fourth-order valence-electron chi connectivity index (χ4n) is 3.83. The number of benzene rings is 2. The molecule has 1 atom stereocenters. The van der Waals surface area contributed by atoms with Gasteiger partial charge in [0.2, 0.25) is 5.95 Å². The van der Waals surface area contributed by atoms with Gasteiger partial charge in [-0.1, -0.05) is 23.7 Å². The third-order valence-corrected chi connectivity index (χ3v) is 6.04. The second kappa shape index (κ2) is 9.82. The Balaban J connectivity index is 1.39. The number of nitrogens with one attached hydrogen (secondary N) is 1. The van der Waals surface area contributed by atoms with Gasteiger partial charge in [-0.2, -0.15) is 4.98 Å². The van der Waals surface area contributed by atoms with Crippen LogP contribution in [-0.2, 0) is 11.3 Å². The van der Waals surface area contributed by atoms with Crippen molar-refractivity contribution in [1.82, 2.24) is 14.1 Å². The molecular formula is C25H22ClN5O5. The topological polar surface area (TPSA) is 128 Å². The van der Waals surface area contributed by atoms with Gasteiger partial charge in [-0.15, -0.1) is 0 Å². The van der Waals surface area contributed by atoms with Gasteiger partial charge in [0.1, 0.15) is 11.9 Å². The van der Waals surface area contributed by atoms with E-state index in [1.165, 1.54) is 21.4 Å². The van der Waals surface area contributed by atoms with E-state index in [-0.39, 0.29) is 24.1 Å². The van der Waals surface area contributed by atoms with Gasteiger partial charge in [0.05, 0.1) is 18.7 Å². The Labute approximate surface area is 210 Å². The molecule has 2 aromatic carbocycles. The van der Waals surface area contributed by atoms with Gasteiger partial charge in [-0.25, -0.2) is 19.0 Å². The van der Waals surface area contributed by atoms with Crippen LogP contribution in [0.4, 0.5) is 11.6 Å². The number of hydrogen-bond donors (Lipinski definition) is 2. The van der Waals surface area contributed by atoms with Crippen molar-refractivity contribution in [3.63, 3.8) is 0 Å². The van der Waals surface area contributed by atoms with Crippen molar-refractivity contribution in [3.8, 4) is 5.75 Å². The number of hydrogen-bond acceptors (Lipinski definition) is 7. The van der Waals surface area contributed by atoms with E-state index in [2.05, 4.69) is 15.3 Å². The van der Waals surface area contributed by atoms with Crippen molar-refractivity contribution in [3.05, 3.63) is 91.7 Å². The highest BCUT2D eigenvalue weighted by Gasteiger charge is 2.29. The number of carboxylic acid groups (broad SMARTS) is 1. The fourth-order valence-corrected chi connectivity index (χ4v) is 3.96. The quantitative estimate of drug-likeness (QED) is 0.479. The summed E-state index contributed by atoms with van der Waals surface area (Å²) in [5.41, 5.74) is 0.492. The van der Waals surface area contributed by atoms with Crippen LogP contribution in [-0.4, -0.2) is 44.1 Å². The van der Waals surface area contributed by atoms with Crippen LogP contribution in [0.3, 0.4) is 0 Å². The first-order valence-corrected chi connectivity index (χ1v) is 11.7. The minimum atomic E-state index is -1.06. The molecule has 0 radical (unpaired) electrons. The first-order chi connectivity index (χ1) is 17.4. The van der Waals surface area contributed by atoms with Crippen LogP contribution >= 0.6 is 11.6 Å². The largest absolute Gasteiger partial charge is 0.484 e. The number of aliphatic carboxylic acids is 1. The molecule has 1 saturated carbocycles. The van der Waals surface area contributed by atoms with E-state index in [1.807, 2.05) is 12.1 Å². The Morgan fingerprint density at radius 2 is 1.83 bits per heavy atom. The number of aliphatic imine (C=N–C) groups is 1. The maximum atomic E-state index is 13.2. The lowest BCUT2D eigenvalue weighted by atomic mass is 10.1. The van der Waals surface area contributed by atoms with Gasteiger partial charge in [0, 0.05) is 23.0 Å². The predicted octanol–water partition coefficient (Wildman–Crippen LogP) is 3.03. The summed E-state index contributed by atoms with van der Waals surface area (Å²) >= 11 is 5.99. The molecule has 0 bridgehead atoms. The first-order valence-electron chi connectivity index (χ1n) is 11.3. The number of carboxylic acids is 1. The minimum Gasteiger partial charge on any atom is -0.484 e. The number of carbonyl (C=O) groups is 1. The van der Waals surface area contributed by atoms with Gasteiger partial charge < -0.3 is 15.2 Å². The fraction of sp³-hybridized carbons (Fsp3) is 0.240. The van der Waals surface area contributed by atoms with Crippen LogP contribution in [0.1, 0.15) is 24.4 Å². The summed E-state index contributed by atoms with van der Waals surface area (Å²) < 4.78 is 8.47. The molecule has 2 N–H and O–H groups in total. The monoisotopic (exact) mass is 507 g/mol. The molecule has 5 rings (SSSR count). The van der Waals surface area contributed by atoms with Crippen molar-refractivity contribution in [2.24, 2.45) is 4.99 Å². The highest BCUT2D eigenvalue weighted by molar-refractivity contribution is 6.30. The number of aromatic nitrogens is 3. The van der Waals surface area contributed by atoms with Gasteiger partial charge >= 0.3 is 17.3 Å². The Morgan fingerprint density at radius 1 is 1.11 bits per heavy atom. The second-order valence-corrected chi connectivity index (χ2v) is 8.98. The van der Waals surface area contributed by atoms with Crippen LogP contribution in [0.2, 0.25) is 5.02 Å². The molecule has 3 aromatic rings. The zero-order chi connectivity index (χ0) is 25.2. The van der Waals surface area contributed by atoms with Gasteiger partial charge in [-0.3, -0.25) is 9.56 Å². The van der Waals surface area contributed by atoms with Crippen molar-refractivity contribution >= 4 is 35.4 Å². The number of rotatable bonds is 8. The standard InChI is InChI=1S/C25H22ClN5O5/c26-17-3-1-15(2-4-17)14-30-23(29-24(34)31(25(30)35)19-7-8-19)28-18-5-9-20(10-6-18)36-21-11-16(22(32)33)12-27-13-21/h1-6,9-12,19,21H,7-8,13-14H2,(H,32,33)(H,28,29,34). The molecule has 10 nitrogen and oxygen atoms in total. The lowest BCUT2D eigenvalue weighted by Crippen LogP contribution is -2.42. The van der Waals surface area contributed by atoms with Crippen LogP contribution < -0.4 is 21.4 Å². The smallest absolute Gasteiger partial charge is 0.355 e. The molecule has 36 heavy (non-hydrogen) atoms. The number of ether oxygens (including phenoxy) is 1. The maximum Gasteiger partial charge on any atom is 0.355 e. The lowest BCUT2D eigenvalue weighted by Gasteiger charge is -2.18. The molecule has 0 spiro atoms.